The molecular formula is C13H12BrNO4S2. The number of hydrogen-bond acceptors (Lipinski definition) is 4. The van der Waals surface area contributed by atoms with Crippen LogP contribution in [0.3, 0.4) is 0 Å². The number of halogens is 1. The molecule has 0 amide bonds. The van der Waals surface area contributed by atoms with Crippen LogP contribution in [0.4, 0.5) is 0 Å². The standard InChI is InChI=1S/C13H12BrNO4S2/c1-15(7-9-3-2-4-10(14)5-9)21(18,19)11-6-12(13(16)17)20-8-11/h2-6,8H,7H2,1H3,(H,16,17). The zero-order valence-corrected chi connectivity index (χ0v) is 14.2. The van der Waals surface area contributed by atoms with Crippen LogP contribution in [-0.4, -0.2) is 30.8 Å². The lowest BCUT2D eigenvalue weighted by Crippen LogP contribution is -2.26. The maximum Gasteiger partial charge on any atom is 0.345 e. The molecule has 0 radical (unpaired) electrons. The number of benzene rings is 1. The molecule has 112 valence electrons. The van der Waals surface area contributed by atoms with Crippen LogP contribution in [-0.2, 0) is 16.6 Å². The van der Waals surface area contributed by atoms with Crippen molar-refractivity contribution in [1.29, 1.82) is 0 Å². The first-order chi connectivity index (χ1) is 9.80. The number of aromatic carboxylic acids is 1. The van der Waals surface area contributed by atoms with Gasteiger partial charge >= 0.3 is 5.97 Å². The second-order valence-electron chi connectivity index (χ2n) is 4.34. The summed E-state index contributed by atoms with van der Waals surface area (Å²) in [5.41, 5.74) is 0.837. The van der Waals surface area contributed by atoms with Gasteiger partial charge in [-0.05, 0) is 23.8 Å². The molecule has 0 aliphatic carbocycles. The van der Waals surface area contributed by atoms with Crippen LogP contribution in [0, 0.1) is 0 Å². The Labute approximate surface area is 135 Å². The SMILES string of the molecule is CN(Cc1cccc(Br)c1)S(=O)(=O)c1csc(C(=O)O)c1. The Balaban J connectivity index is 2.23. The Kier molecular flexibility index (Phi) is 4.82. The monoisotopic (exact) mass is 389 g/mol. The minimum absolute atomic E-state index is 0.00222. The number of carboxylic acid groups (broad SMARTS) is 1. The average Bonchev–Trinajstić information content (AvgIpc) is 2.89. The van der Waals surface area contributed by atoms with Crippen LogP contribution in [0.25, 0.3) is 0 Å². The Morgan fingerprint density at radius 2 is 2.10 bits per heavy atom. The number of nitrogens with zero attached hydrogens (tertiary/aromatic N) is 1. The van der Waals surface area contributed by atoms with Crippen LogP contribution in [0.5, 0.6) is 0 Å². The summed E-state index contributed by atoms with van der Waals surface area (Å²) >= 11 is 4.23. The molecule has 0 aliphatic heterocycles. The van der Waals surface area contributed by atoms with Crippen molar-refractivity contribution in [3.63, 3.8) is 0 Å². The van der Waals surface area contributed by atoms with Crippen LogP contribution in [0.2, 0.25) is 0 Å². The molecule has 0 aliphatic rings. The summed E-state index contributed by atoms with van der Waals surface area (Å²) in [7, 11) is -2.23. The highest BCUT2D eigenvalue weighted by molar-refractivity contribution is 9.10. The van der Waals surface area contributed by atoms with E-state index in [-0.39, 0.29) is 16.3 Å². The molecular weight excluding hydrogens is 378 g/mol. The van der Waals surface area contributed by atoms with Crippen molar-refractivity contribution in [2.75, 3.05) is 7.05 Å². The molecule has 2 aromatic rings. The van der Waals surface area contributed by atoms with Crippen molar-refractivity contribution < 1.29 is 18.3 Å². The molecule has 0 spiro atoms. The third-order valence-electron chi connectivity index (χ3n) is 2.79. The molecule has 0 saturated heterocycles. The quantitative estimate of drug-likeness (QED) is 0.852. The summed E-state index contributed by atoms with van der Waals surface area (Å²) in [6.45, 7) is 0.208. The molecule has 0 atom stereocenters. The molecule has 1 aromatic carbocycles. The molecule has 1 heterocycles. The van der Waals surface area contributed by atoms with Crippen LogP contribution in [0.1, 0.15) is 15.2 Å². The highest BCUT2D eigenvalue weighted by Gasteiger charge is 2.23. The molecule has 0 fully saturated rings. The molecule has 1 aromatic heterocycles. The Morgan fingerprint density at radius 3 is 2.67 bits per heavy atom. The molecule has 0 unspecified atom stereocenters. The van der Waals surface area contributed by atoms with Gasteiger partial charge in [0.15, 0.2) is 0 Å². The van der Waals surface area contributed by atoms with E-state index in [4.69, 9.17) is 5.11 Å². The zero-order valence-electron chi connectivity index (χ0n) is 11.0. The Bertz CT molecular complexity index is 770. The lowest BCUT2D eigenvalue weighted by Gasteiger charge is -2.16. The molecule has 0 saturated carbocycles. The third kappa shape index (κ3) is 3.70. The van der Waals surface area contributed by atoms with Crippen molar-refractivity contribution in [2.45, 2.75) is 11.4 Å². The third-order valence-corrected chi connectivity index (χ3v) is 6.13. The van der Waals surface area contributed by atoms with Gasteiger partial charge in [-0.1, -0.05) is 28.1 Å². The highest BCUT2D eigenvalue weighted by Crippen LogP contribution is 2.23. The fourth-order valence-corrected chi connectivity index (χ4v) is 4.43. The summed E-state index contributed by atoms with van der Waals surface area (Å²) < 4.78 is 26.8. The van der Waals surface area contributed by atoms with E-state index < -0.39 is 16.0 Å². The van der Waals surface area contributed by atoms with Gasteiger partial charge in [0.25, 0.3) is 0 Å². The summed E-state index contributed by atoms with van der Waals surface area (Å²) in [6.07, 6.45) is 0. The highest BCUT2D eigenvalue weighted by atomic mass is 79.9. The van der Waals surface area contributed by atoms with Crippen LogP contribution >= 0.6 is 27.3 Å². The van der Waals surface area contributed by atoms with Gasteiger partial charge in [0.2, 0.25) is 10.0 Å². The second kappa shape index (κ2) is 6.27. The van der Waals surface area contributed by atoms with Crippen molar-refractivity contribution in [3.8, 4) is 0 Å². The van der Waals surface area contributed by atoms with Gasteiger partial charge in [-0.15, -0.1) is 11.3 Å². The summed E-state index contributed by atoms with van der Waals surface area (Å²) in [6, 6.07) is 8.53. The number of thiophene rings is 1. The fraction of sp³-hybridized carbons (Fsp3) is 0.154. The van der Waals surface area contributed by atoms with Crippen molar-refractivity contribution in [2.24, 2.45) is 0 Å². The van der Waals surface area contributed by atoms with Gasteiger partial charge in [0, 0.05) is 23.4 Å². The van der Waals surface area contributed by atoms with Gasteiger partial charge < -0.3 is 5.11 Å². The lowest BCUT2D eigenvalue weighted by molar-refractivity contribution is 0.0702. The summed E-state index contributed by atoms with van der Waals surface area (Å²) in [5.74, 6) is -1.13. The van der Waals surface area contributed by atoms with Crippen molar-refractivity contribution in [1.82, 2.24) is 4.31 Å². The van der Waals surface area contributed by atoms with Gasteiger partial charge in [-0.25, -0.2) is 13.2 Å². The zero-order chi connectivity index (χ0) is 15.6. The molecule has 21 heavy (non-hydrogen) atoms. The van der Waals surface area contributed by atoms with Crippen molar-refractivity contribution >= 4 is 43.3 Å². The van der Waals surface area contributed by atoms with Gasteiger partial charge in [-0.3, -0.25) is 0 Å². The van der Waals surface area contributed by atoms with Gasteiger partial charge in [-0.2, -0.15) is 4.31 Å². The van der Waals surface area contributed by atoms with E-state index in [9.17, 15) is 13.2 Å². The van der Waals surface area contributed by atoms with Gasteiger partial charge in [0.1, 0.15) is 4.88 Å². The van der Waals surface area contributed by atoms with E-state index in [1.807, 2.05) is 24.3 Å². The van der Waals surface area contributed by atoms with Crippen molar-refractivity contribution in [3.05, 3.63) is 50.6 Å². The van der Waals surface area contributed by atoms with Gasteiger partial charge in [0.05, 0.1) is 4.90 Å². The number of carbonyl (C=O) groups is 1. The first-order valence-electron chi connectivity index (χ1n) is 5.83. The summed E-state index contributed by atoms with van der Waals surface area (Å²) in [5, 5.41) is 10.2. The van der Waals surface area contributed by atoms with E-state index >= 15 is 0 Å². The predicted molar refractivity (Wildman–Crippen MR) is 84.1 cm³/mol. The number of hydrogen-bond donors (Lipinski definition) is 1. The lowest BCUT2D eigenvalue weighted by atomic mass is 10.2. The minimum atomic E-state index is -3.70. The Hall–Kier alpha value is -1.22. The smallest absolute Gasteiger partial charge is 0.345 e. The van der Waals surface area contributed by atoms with E-state index in [1.165, 1.54) is 22.8 Å². The average molecular weight is 390 g/mol. The number of sulfonamides is 1. The van der Waals surface area contributed by atoms with E-state index in [0.29, 0.717) is 0 Å². The van der Waals surface area contributed by atoms with E-state index in [1.54, 1.807) is 0 Å². The van der Waals surface area contributed by atoms with E-state index in [2.05, 4.69) is 15.9 Å². The summed E-state index contributed by atoms with van der Waals surface area (Å²) in [4.78, 5) is 10.8. The molecule has 8 heteroatoms. The Morgan fingerprint density at radius 1 is 1.38 bits per heavy atom. The van der Waals surface area contributed by atoms with Crippen LogP contribution in [0.15, 0.2) is 45.1 Å². The van der Waals surface area contributed by atoms with Crippen LogP contribution < -0.4 is 0 Å². The first kappa shape index (κ1) is 16.2. The largest absolute Gasteiger partial charge is 0.477 e. The minimum Gasteiger partial charge on any atom is -0.477 e. The molecule has 5 nitrogen and oxygen atoms in total. The number of rotatable bonds is 5. The molecule has 1 N–H and O–H groups in total. The molecule has 2 rings (SSSR count). The maximum atomic E-state index is 12.4. The normalized spacial score (nSPS) is 11.8. The predicted octanol–water partition coefficient (Wildman–Crippen LogP) is 3.03. The second-order valence-corrected chi connectivity index (χ2v) is 8.21. The van der Waals surface area contributed by atoms with E-state index in [0.717, 1.165) is 21.4 Å². The fourth-order valence-electron chi connectivity index (χ4n) is 1.72. The number of carboxylic acids is 1. The topological polar surface area (TPSA) is 74.7 Å². The molecule has 0 bridgehead atoms. The maximum absolute atomic E-state index is 12.4. The first-order valence-corrected chi connectivity index (χ1v) is 8.94.